The molecule has 8 heteroatoms. The first-order valence-electron chi connectivity index (χ1n) is 6.69. The van der Waals surface area contributed by atoms with Crippen molar-refractivity contribution in [2.24, 2.45) is 0 Å². The van der Waals surface area contributed by atoms with Crippen molar-refractivity contribution in [2.45, 2.75) is 0 Å². The maximum atomic E-state index is 12.3. The summed E-state index contributed by atoms with van der Waals surface area (Å²) < 4.78 is 10.8. The normalized spacial score (nSPS) is 12.6. The number of halogens is 1. The van der Waals surface area contributed by atoms with Crippen molar-refractivity contribution in [3.63, 3.8) is 0 Å². The molecule has 118 valence electrons. The number of fused-ring (bicyclic) bond motifs is 1. The molecule has 1 heterocycles. The van der Waals surface area contributed by atoms with Gasteiger partial charge in [-0.3, -0.25) is 14.9 Å². The molecule has 0 saturated carbocycles. The van der Waals surface area contributed by atoms with Crippen LogP contribution in [0.5, 0.6) is 11.5 Å². The lowest BCUT2D eigenvalue weighted by Crippen LogP contribution is -2.17. The average Bonchev–Trinajstić information content (AvgIpc) is 2.54. The Bertz CT molecular complexity index is 793. The third-order valence-corrected chi connectivity index (χ3v) is 3.44. The Morgan fingerprint density at radius 3 is 2.61 bits per heavy atom. The van der Waals surface area contributed by atoms with Crippen LogP contribution in [0.2, 0.25) is 5.02 Å². The summed E-state index contributed by atoms with van der Waals surface area (Å²) in [6, 6.07) is 8.78. The van der Waals surface area contributed by atoms with Crippen LogP contribution in [0.15, 0.2) is 36.4 Å². The van der Waals surface area contributed by atoms with Crippen molar-refractivity contribution in [3.05, 3.63) is 57.1 Å². The van der Waals surface area contributed by atoms with Gasteiger partial charge in [-0.2, -0.15) is 0 Å². The average molecular weight is 335 g/mol. The van der Waals surface area contributed by atoms with Gasteiger partial charge in [-0.25, -0.2) is 0 Å². The topological polar surface area (TPSA) is 90.7 Å². The molecule has 0 bridgehead atoms. The molecule has 3 rings (SSSR count). The minimum Gasteiger partial charge on any atom is -0.486 e. The predicted molar refractivity (Wildman–Crippen MR) is 83.5 cm³/mol. The Labute approximate surface area is 135 Å². The SMILES string of the molecule is O=C(Nc1ccc2c(c1)OCCO2)c1ccc(Cl)cc1[N+](=O)[O-]. The number of nitro benzene ring substituents is 1. The summed E-state index contributed by atoms with van der Waals surface area (Å²) in [4.78, 5) is 22.7. The Balaban J connectivity index is 1.86. The second-order valence-electron chi connectivity index (χ2n) is 4.73. The van der Waals surface area contributed by atoms with Gasteiger partial charge in [-0.1, -0.05) is 11.6 Å². The van der Waals surface area contributed by atoms with Gasteiger partial charge in [0.1, 0.15) is 18.8 Å². The van der Waals surface area contributed by atoms with Gasteiger partial charge >= 0.3 is 0 Å². The van der Waals surface area contributed by atoms with Crippen molar-refractivity contribution in [1.82, 2.24) is 0 Å². The van der Waals surface area contributed by atoms with E-state index in [1.165, 1.54) is 12.1 Å². The quantitative estimate of drug-likeness (QED) is 0.687. The summed E-state index contributed by atoms with van der Waals surface area (Å²) in [7, 11) is 0. The summed E-state index contributed by atoms with van der Waals surface area (Å²) >= 11 is 5.74. The van der Waals surface area contributed by atoms with Crippen molar-refractivity contribution >= 4 is 28.9 Å². The molecular formula is C15H11ClN2O5. The Morgan fingerprint density at radius 1 is 1.13 bits per heavy atom. The number of hydrogen-bond acceptors (Lipinski definition) is 5. The van der Waals surface area contributed by atoms with Gasteiger partial charge < -0.3 is 14.8 Å². The van der Waals surface area contributed by atoms with E-state index in [2.05, 4.69) is 5.32 Å². The van der Waals surface area contributed by atoms with Gasteiger partial charge in [-0.15, -0.1) is 0 Å². The van der Waals surface area contributed by atoms with E-state index in [0.717, 1.165) is 6.07 Å². The highest BCUT2D eigenvalue weighted by molar-refractivity contribution is 6.31. The van der Waals surface area contributed by atoms with E-state index in [-0.39, 0.29) is 16.3 Å². The molecule has 2 aromatic rings. The van der Waals surface area contributed by atoms with E-state index in [1.54, 1.807) is 18.2 Å². The fraction of sp³-hybridized carbons (Fsp3) is 0.133. The van der Waals surface area contributed by atoms with Gasteiger partial charge in [0.05, 0.1) is 4.92 Å². The van der Waals surface area contributed by atoms with Crippen LogP contribution in [-0.2, 0) is 0 Å². The maximum Gasteiger partial charge on any atom is 0.283 e. The monoisotopic (exact) mass is 334 g/mol. The number of carbonyl (C=O) groups excluding carboxylic acids is 1. The molecule has 0 unspecified atom stereocenters. The highest BCUT2D eigenvalue weighted by Gasteiger charge is 2.21. The van der Waals surface area contributed by atoms with Crippen LogP contribution in [0.25, 0.3) is 0 Å². The van der Waals surface area contributed by atoms with E-state index in [0.29, 0.717) is 30.4 Å². The first-order chi connectivity index (χ1) is 11.0. The number of nitrogens with zero attached hydrogens (tertiary/aromatic N) is 1. The molecule has 1 amide bonds. The standard InChI is InChI=1S/C15H11ClN2O5/c16-9-1-3-11(12(7-9)18(20)21)15(19)17-10-2-4-13-14(8-10)23-6-5-22-13/h1-4,7-8H,5-6H2,(H,17,19). The minimum atomic E-state index is -0.648. The molecule has 0 atom stereocenters. The molecule has 23 heavy (non-hydrogen) atoms. The van der Waals surface area contributed by atoms with E-state index >= 15 is 0 Å². The zero-order chi connectivity index (χ0) is 16.4. The Kier molecular flexibility index (Phi) is 4.03. The molecule has 1 N–H and O–H groups in total. The summed E-state index contributed by atoms with van der Waals surface area (Å²) in [5, 5.41) is 13.8. The third kappa shape index (κ3) is 3.19. The zero-order valence-corrected chi connectivity index (χ0v) is 12.5. The van der Waals surface area contributed by atoms with Gasteiger partial charge in [0, 0.05) is 22.8 Å². The van der Waals surface area contributed by atoms with Crippen molar-refractivity contribution in [3.8, 4) is 11.5 Å². The summed E-state index contributed by atoms with van der Waals surface area (Å²) in [5.74, 6) is 0.497. The number of carbonyl (C=O) groups is 1. The van der Waals surface area contributed by atoms with E-state index in [9.17, 15) is 14.9 Å². The molecule has 0 spiro atoms. The van der Waals surface area contributed by atoms with Crippen LogP contribution < -0.4 is 14.8 Å². The van der Waals surface area contributed by atoms with Crippen LogP contribution in [0.3, 0.4) is 0 Å². The second-order valence-corrected chi connectivity index (χ2v) is 5.17. The lowest BCUT2D eigenvalue weighted by molar-refractivity contribution is -0.385. The summed E-state index contributed by atoms with van der Waals surface area (Å²) in [6.45, 7) is 0.892. The molecule has 0 radical (unpaired) electrons. The van der Waals surface area contributed by atoms with Gasteiger partial charge in [-0.05, 0) is 24.3 Å². The zero-order valence-electron chi connectivity index (χ0n) is 11.7. The van der Waals surface area contributed by atoms with Crippen LogP contribution in [0, 0.1) is 10.1 Å². The molecule has 7 nitrogen and oxygen atoms in total. The first-order valence-corrected chi connectivity index (χ1v) is 7.07. The van der Waals surface area contributed by atoms with E-state index < -0.39 is 10.8 Å². The van der Waals surface area contributed by atoms with Gasteiger partial charge in [0.2, 0.25) is 0 Å². The molecule has 0 aromatic heterocycles. The number of amides is 1. The van der Waals surface area contributed by atoms with Crippen LogP contribution >= 0.6 is 11.6 Å². The number of ether oxygens (including phenoxy) is 2. The minimum absolute atomic E-state index is 0.0747. The first kappa shape index (κ1) is 15.1. The van der Waals surface area contributed by atoms with Crippen LogP contribution in [0.1, 0.15) is 10.4 Å². The lowest BCUT2D eigenvalue weighted by Gasteiger charge is -2.19. The third-order valence-electron chi connectivity index (χ3n) is 3.20. The van der Waals surface area contributed by atoms with Crippen LogP contribution in [0.4, 0.5) is 11.4 Å². The fourth-order valence-electron chi connectivity index (χ4n) is 2.17. The van der Waals surface area contributed by atoms with Gasteiger partial charge in [0.15, 0.2) is 11.5 Å². The molecule has 2 aromatic carbocycles. The maximum absolute atomic E-state index is 12.3. The van der Waals surface area contributed by atoms with E-state index in [4.69, 9.17) is 21.1 Å². The summed E-state index contributed by atoms with van der Waals surface area (Å²) in [6.07, 6.45) is 0. The predicted octanol–water partition coefficient (Wildman–Crippen LogP) is 3.27. The number of hydrogen-bond donors (Lipinski definition) is 1. The largest absolute Gasteiger partial charge is 0.486 e. The Morgan fingerprint density at radius 2 is 1.87 bits per heavy atom. The molecule has 0 saturated heterocycles. The van der Waals surface area contributed by atoms with Crippen LogP contribution in [-0.4, -0.2) is 24.0 Å². The van der Waals surface area contributed by atoms with Gasteiger partial charge in [0.25, 0.3) is 11.6 Å². The molecular weight excluding hydrogens is 324 g/mol. The van der Waals surface area contributed by atoms with Crippen molar-refractivity contribution in [2.75, 3.05) is 18.5 Å². The number of benzene rings is 2. The molecule has 0 aliphatic carbocycles. The Hall–Kier alpha value is -2.80. The van der Waals surface area contributed by atoms with E-state index in [1.807, 2.05) is 0 Å². The van der Waals surface area contributed by atoms with Crippen molar-refractivity contribution in [1.29, 1.82) is 0 Å². The summed E-state index contributed by atoms with van der Waals surface area (Å²) in [5.41, 5.74) is 0.0188. The number of nitro groups is 1. The molecule has 1 aliphatic rings. The van der Waals surface area contributed by atoms with Crippen molar-refractivity contribution < 1.29 is 19.2 Å². The number of rotatable bonds is 3. The number of nitrogens with one attached hydrogen (secondary N) is 1. The lowest BCUT2D eigenvalue weighted by atomic mass is 10.1. The highest BCUT2D eigenvalue weighted by Crippen LogP contribution is 2.33. The fourth-order valence-corrected chi connectivity index (χ4v) is 2.33. The smallest absolute Gasteiger partial charge is 0.283 e. The number of anilines is 1. The second kappa shape index (κ2) is 6.13. The highest BCUT2D eigenvalue weighted by atomic mass is 35.5. The molecule has 0 fully saturated rings. The molecule has 1 aliphatic heterocycles.